The van der Waals surface area contributed by atoms with E-state index in [1.165, 1.54) is 6.07 Å². The summed E-state index contributed by atoms with van der Waals surface area (Å²) in [5, 5.41) is 15.8. The number of amides is 1. The Morgan fingerprint density at radius 1 is 1.27 bits per heavy atom. The quantitative estimate of drug-likeness (QED) is 0.883. The van der Waals surface area contributed by atoms with Crippen molar-refractivity contribution in [2.75, 3.05) is 0 Å². The van der Waals surface area contributed by atoms with Crippen molar-refractivity contribution >= 4 is 23.5 Å². The average Bonchev–Trinajstić information content (AvgIpc) is 2.94. The Hall–Kier alpha value is -2.34. The number of carbonyl (C=O) groups is 2. The standard InChI is InChI=1S/C15H15ClN2O4/c1-8(2)13(15(20)21)17-14(19)11-7-12(22-18-11)9-3-5-10(16)6-4-9/h3-8,13H,1-2H3,(H,17,19)(H,20,21). The van der Waals surface area contributed by atoms with Gasteiger partial charge in [0.15, 0.2) is 11.5 Å². The van der Waals surface area contributed by atoms with Crippen molar-refractivity contribution in [2.24, 2.45) is 5.92 Å². The van der Waals surface area contributed by atoms with Crippen LogP contribution in [0.2, 0.25) is 5.02 Å². The van der Waals surface area contributed by atoms with Crippen molar-refractivity contribution < 1.29 is 19.2 Å². The number of carboxylic acid groups (broad SMARTS) is 1. The summed E-state index contributed by atoms with van der Waals surface area (Å²) in [6, 6.07) is 7.33. The number of carboxylic acids is 1. The molecular weight excluding hydrogens is 308 g/mol. The van der Waals surface area contributed by atoms with Crippen LogP contribution in [0, 0.1) is 5.92 Å². The molecule has 0 aliphatic rings. The maximum Gasteiger partial charge on any atom is 0.326 e. The summed E-state index contributed by atoms with van der Waals surface area (Å²) in [5.74, 6) is -1.53. The molecule has 1 aromatic carbocycles. The zero-order valence-corrected chi connectivity index (χ0v) is 12.8. The normalized spacial score (nSPS) is 12.2. The zero-order chi connectivity index (χ0) is 16.3. The van der Waals surface area contributed by atoms with E-state index in [2.05, 4.69) is 10.5 Å². The molecule has 116 valence electrons. The van der Waals surface area contributed by atoms with E-state index in [4.69, 9.17) is 21.2 Å². The van der Waals surface area contributed by atoms with E-state index in [1.54, 1.807) is 38.1 Å². The molecule has 6 nitrogen and oxygen atoms in total. The number of aliphatic carboxylic acids is 1. The van der Waals surface area contributed by atoms with Crippen LogP contribution in [0.4, 0.5) is 0 Å². The number of rotatable bonds is 5. The second-order valence-corrected chi connectivity index (χ2v) is 5.55. The predicted molar refractivity (Wildman–Crippen MR) is 80.7 cm³/mol. The van der Waals surface area contributed by atoms with Gasteiger partial charge in [-0.05, 0) is 30.2 Å². The van der Waals surface area contributed by atoms with Crippen LogP contribution in [0.25, 0.3) is 11.3 Å². The molecule has 0 bridgehead atoms. The number of carbonyl (C=O) groups excluding carboxylic acids is 1. The monoisotopic (exact) mass is 322 g/mol. The summed E-state index contributed by atoms with van der Waals surface area (Å²) in [5.41, 5.74) is 0.742. The third-order valence-electron chi connectivity index (χ3n) is 3.09. The van der Waals surface area contributed by atoms with Crippen molar-refractivity contribution in [3.05, 3.63) is 41.0 Å². The van der Waals surface area contributed by atoms with Crippen LogP contribution in [0.15, 0.2) is 34.9 Å². The van der Waals surface area contributed by atoms with Crippen molar-refractivity contribution in [3.63, 3.8) is 0 Å². The van der Waals surface area contributed by atoms with Gasteiger partial charge in [0, 0.05) is 16.7 Å². The van der Waals surface area contributed by atoms with Gasteiger partial charge in [-0.1, -0.05) is 30.6 Å². The summed E-state index contributed by atoms with van der Waals surface area (Å²) in [7, 11) is 0. The number of nitrogens with zero attached hydrogens (tertiary/aromatic N) is 1. The van der Waals surface area contributed by atoms with E-state index >= 15 is 0 Å². The van der Waals surface area contributed by atoms with Gasteiger partial charge in [-0.3, -0.25) is 4.79 Å². The maximum absolute atomic E-state index is 12.0. The number of halogens is 1. The lowest BCUT2D eigenvalue weighted by Crippen LogP contribution is -2.44. The molecule has 0 aliphatic carbocycles. The molecule has 0 radical (unpaired) electrons. The van der Waals surface area contributed by atoms with Gasteiger partial charge in [-0.25, -0.2) is 4.79 Å². The van der Waals surface area contributed by atoms with Crippen LogP contribution in [-0.4, -0.2) is 28.2 Å². The average molecular weight is 323 g/mol. The Bertz CT molecular complexity index is 679. The minimum Gasteiger partial charge on any atom is -0.480 e. The number of hydrogen-bond acceptors (Lipinski definition) is 4. The summed E-state index contributed by atoms with van der Waals surface area (Å²) in [4.78, 5) is 23.1. The topological polar surface area (TPSA) is 92.4 Å². The minimum absolute atomic E-state index is 0.0249. The molecule has 2 N–H and O–H groups in total. The molecule has 2 aromatic rings. The summed E-state index contributed by atoms with van der Waals surface area (Å²) < 4.78 is 5.11. The molecule has 0 fully saturated rings. The number of hydrogen-bond donors (Lipinski definition) is 2. The van der Waals surface area contributed by atoms with Gasteiger partial charge in [0.2, 0.25) is 0 Å². The van der Waals surface area contributed by atoms with E-state index in [9.17, 15) is 9.59 Å². The molecule has 1 amide bonds. The van der Waals surface area contributed by atoms with Crippen LogP contribution in [0.5, 0.6) is 0 Å². The Morgan fingerprint density at radius 3 is 2.45 bits per heavy atom. The summed E-state index contributed by atoms with van der Waals surface area (Å²) in [6.07, 6.45) is 0. The van der Waals surface area contributed by atoms with Crippen LogP contribution < -0.4 is 5.32 Å². The molecular formula is C15H15ClN2O4. The second-order valence-electron chi connectivity index (χ2n) is 5.12. The first-order valence-corrected chi connectivity index (χ1v) is 7.02. The molecule has 1 heterocycles. The van der Waals surface area contributed by atoms with Crippen molar-refractivity contribution in [2.45, 2.75) is 19.9 Å². The highest BCUT2D eigenvalue weighted by atomic mass is 35.5. The van der Waals surface area contributed by atoms with E-state index in [0.29, 0.717) is 10.8 Å². The van der Waals surface area contributed by atoms with Gasteiger partial charge in [-0.2, -0.15) is 0 Å². The van der Waals surface area contributed by atoms with Crippen molar-refractivity contribution in [3.8, 4) is 11.3 Å². The minimum atomic E-state index is -1.09. The maximum atomic E-state index is 12.0. The lowest BCUT2D eigenvalue weighted by atomic mass is 10.0. The molecule has 22 heavy (non-hydrogen) atoms. The third kappa shape index (κ3) is 3.65. The van der Waals surface area contributed by atoms with Crippen LogP contribution in [-0.2, 0) is 4.79 Å². The molecule has 2 rings (SSSR count). The second kappa shape index (κ2) is 6.62. The molecule has 7 heteroatoms. The fourth-order valence-corrected chi connectivity index (χ4v) is 1.99. The smallest absolute Gasteiger partial charge is 0.326 e. The molecule has 0 spiro atoms. The van der Waals surface area contributed by atoms with Crippen molar-refractivity contribution in [1.29, 1.82) is 0 Å². The first-order chi connectivity index (χ1) is 10.4. The number of benzene rings is 1. The zero-order valence-electron chi connectivity index (χ0n) is 12.0. The fourth-order valence-electron chi connectivity index (χ4n) is 1.86. The lowest BCUT2D eigenvalue weighted by molar-refractivity contribution is -0.140. The van der Waals surface area contributed by atoms with Gasteiger partial charge in [-0.15, -0.1) is 0 Å². The third-order valence-corrected chi connectivity index (χ3v) is 3.34. The Kier molecular flexibility index (Phi) is 4.82. The van der Waals surface area contributed by atoms with E-state index in [0.717, 1.165) is 5.56 Å². The van der Waals surface area contributed by atoms with Crippen molar-refractivity contribution in [1.82, 2.24) is 10.5 Å². The Labute approximate surface area is 132 Å². The molecule has 1 atom stereocenters. The van der Waals surface area contributed by atoms with Crippen LogP contribution in [0.1, 0.15) is 24.3 Å². The van der Waals surface area contributed by atoms with Gasteiger partial charge in [0.25, 0.3) is 5.91 Å². The van der Waals surface area contributed by atoms with Gasteiger partial charge in [0.1, 0.15) is 6.04 Å². The molecule has 0 saturated carbocycles. The molecule has 1 unspecified atom stereocenters. The highest BCUT2D eigenvalue weighted by molar-refractivity contribution is 6.30. The van der Waals surface area contributed by atoms with Gasteiger partial charge >= 0.3 is 5.97 Å². The highest BCUT2D eigenvalue weighted by Gasteiger charge is 2.25. The van der Waals surface area contributed by atoms with Gasteiger partial charge in [0.05, 0.1) is 0 Å². The predicted octanol–water partition coefficient (Wildman–Crippen LogP) is 2.83. The molecule has 0 aliphatic heterocycles. The van der Waals surface area contributed by atoms with Crippen LogP contribution >= 0.6 is 11.6 Å². The first-order valence-electron chi connectivity index (χ1n) is 6.65. The first kappa shape index (κ1) is 16.0. The van der Waals surface area contributed by atoms with E-state index in [1.807, 2.05) is 0 Å². The SMILES string of the molecule is CC(C)C(NC(=O)c1cc(-c2ccc(Cl)cc2)on1)C(=O)O. The van der Waals surface area contributed by atoms with Gasteiger partial charge < -0.3 is 14.9 Å². The summed E-state index contributed by atoms with van der Waals surface area (Å²) >= 11 is 5.81. The highest BCUT2D eigenvalue weighted by Crippen LogP contribution is 2.22. The Balaban J connectivity index is 2.15. The lowest BCUT2D eigenvalue weighted by Gasteiger charge is -2.16. The number of nitrogens with one attached hydrogen (secondary N) is 1. The number of aromatic nitrogens is 1. The largest absolute Gasteiger partial charge is 0.480 e. The van der Waals surface area contributed by atoms with E-state index in [-0.39, 0.29) is 11.6 Å². The summed E-state index contributed by atoms with van der Waals surface area (Å²) in [6.45, 7) is 3.42. The molecule has 0 saturated heterocycles. The fraction of sp³-hybridized carbons (Fsp3) is 0.267. The van der Waals surface area contributed by atoms with Crippen LogP contribution in [0.3, 0.4) is 0 Å². The van der Waals surface area contributed by atoms with E-state index < -0.39 is 17.9 Å². The molecule has 1 aromatic heterocycles. The Morgan fingerprint density at radius 2 is 1.91 bits per heavy atom.